The van der Waals surface area contributed by atoms with Crippen LogP contribution in [-0.2, 0) is 4.74 Å². The van der Waals surface area contributed by atoms with E-state index in [0.29, 0.717) is 67.4 Å². The number of ether oxygens (including phenoxy) is 2. The SMILES string of the molecule is CNC1CCN(C(=O)c2cc(C(C)Oc3ccc(F)c(F)c3)c3nc(N4CCOCC4)cnc3c2)C1. The number of carbonyl (C=O) groups excluding carboxylic acids is 1. The van der Waals surface area contributed by atoms with Gasteiger partial charge in [-0.1, -0.05) is 0 Å². The number of hydrogen-bond acceptors (Lipinski definition) is 7. The summed E-state index contributed by atoms with van der Waals surface area (Å²) in [5, 5.41) is 3.23. The Labute approximate surface area is 208 Å². The zero-order valence-electron chi connectivity index (χ0n) is 20.3. The Bertz CT molecular complexity index is 1270. The van der Waals surface area contributed by atoms with Crippen LogP contribution in [0.15, 0.2) is 36.5 Å². The topological polar surface area (TPSA) is 79.8 Å². The van der Waals surface area contributed by atoms with Crippen molar-refractivity contribution in [1.29, 1.82) is 0 Å². The molecule has 0 spiro atoms. The Morgan fingerprint density at radius 1 is 1.17 bits per heavy atom. The molecule has 2 aliphatic heterocycles. The van der Waals surface area contributed by atoms with E-state index in [4.69, 9.17) is 14.5 Å². The number of morpholine rings is 1. The lowest BCUT2D eigenvalue weighted by Crippen LogP contribution is -2.36. The Morgan fingerprint density at radius 2 is 1.97 bits per heavy atom. The molecule has 1 N–H and O–H groups in total. The molecule has 1 amide bonds. The van der Waals surface area contributed by atoms with Crippen molar-refractivity contribution in [3.8, 4) is 5.75 Å². The molecule has 8 nitrogen and oxygen atoms in total. The molecule has 3 aromatic rings. The number of fused-ring (bicyclic) bond motifs is 1. The number of likely N-dealkylation sites (tertiary alicyclic amines) is 1. The molecule has 1 aromatic heterocycles. The van der Waals surface area contributed by atoms with Gasteiger partial charge in [-0.25, -0.2) is 13.8 Å². The average molecular weight is 498 g/mol. The molecule has 2 aromatic carbocycles. The maximum atomic E-state index is 13.8. The third-order valence-corrected chi connectivity index (χ3v) is 6.77. The molecule has 36 heavy (non-hydrogen) atoms. The number of aromatic nitrogens is 2. The fraction of sp³-hybridized carbons (Fsp3) is 0.423. The van der Waals surface area contributed by atoms with Crippen molar-refractivity contribution in [2.24, 2.45) is 0 Å². The van der Waals surface area contributed by atoms with E-state index < -0.39 is 17.7 Å². The number of halogens is 2. The van der Waals surface area contributed by atoms with Crippen LogP contribution >= 0.6 is 0 Å². The van der Waals surface area contributed by atoms with E-state index in [2.05, 4.69) is 15.2 Å². The fourth-order valence-corrected chi connectivity index (χ4v) is 4.69. The highest BCUT2D eigenvalue weighted by atomic mass is 19.2. The van der Waals surface area contributed by atoms with E-state index in [1.54, 1.807) is 25.3 Å². The molecule has 0 radical (unpaired) electrons. The largest absolute Gasteiger partial charge is 0.486 e. The molecule has 0 saturated carbocycles. The second kappa shape index (κ2) is 10.3. The van der Waals surface area contributed by atoms with Crippen molar-refractivity contribution in [3.05, 3.63) is 59.3 Å². The van der Waals surface area contributed by atoms with Gasteiger partial charge < -0.3 is 24.6 Å². The lowest BCUT2D eigenvalue weighted by Gasteiger charge is -2.28. The summed E-state index contributed by atoms with van der Waals surface area (Å²) in [4.78, 5) is 26.8. The van der Waals surface area contributed by atoms with Crippen LogP contribution in [0.1, 0.15) is 35.4 Å². The summed E-state index contributed by atoms with van der Waals surface area (Å²) in [6, 6.07) is 7.21. The highest BCUT2D eigenvalue weighted by Crippen LogP contribution is 2.31. The molecule has 2 unspecified atom stereocenters. The maximum absolute atomic E-state index is 13.8. The molecular weight excluding hydrogens is 468 g/mol. The number of anilines is 1. The monoisotopic (exact) mass is 497 g/mol. The summed E-state index contributed by atoms with van der Waals surface area (Å²) in [6.07, 6.45) is 1.99. The molecule has 2 saturated heterocycles. The van der Waals surface area contributed by atoms with E-state index in [1.165, 1.54) is 6.07 Å². The molecule has 2 fully saturated rings. The Balaban J connectivity index is 1.53. The molecule has 3 heterocycles. The molecule has 2 aliphatic rings. The standard InChI is InChI=1S/C26H29F2N5O3/c1-16(36-19-3-4-21(27)22(28)13-19)20-11-17(26(34)33-6-5-18(15-33)29-2)12-23-25(20)31-24(14-30-23)32-7-9-35-10-8-32/h3-4,11-14,16,18,29H,5-10,15H2,1-2H3. The number of rotatable bonds is 6. The molecule has 0 bridgehead atoms. The average Bonchev–Trinajstić information content (AvgIpc) is 3.39. The third kappa shape index (κ3) is 4.96. The first-order valence-electron chi connectivity index (χ1n) is 12.1. The number of nitrogens with one attached hydrogen (secondary N) is 1. The Hall–Kier alpha value is -3.37. The highest BCUT2D eigenvalue weighted by Gasteiger charge is 2.28. The van der Waals surface area contributed by atoms with Crippen molar-refractivity contribution in [1.82, 2.24) is 20.2 Å². The maximum Gasteiger partial charge on any atom is 0.253 e. The van der Waals surface area contributed by atoms with E-state index >= 15 is 0 Å². The summed E-state index contributed by atoms with van der Waals surface area (Å²) >= 11 is 0. The minimum atomic E-state index is -0.990. The first-order valence-corrected chi connectivity index (χ1v) is 12.1. The van der Waals surface area contributed by atoms with Crippen molar-refractivity contribution in [2.45, 2.75) is 25.5 Å². The normalized spacial score (nSPS) is 19.1. The summed E-state index contributed by atoms with van der Waals surface area (Å²) < 4.78 is 38.7. The zero-order chi connectivity index (χ0) is 25.2. The van der Waals surface area contributed by atoms with Gasteiger partial charge >= 0.3 is 0 Å². The van der Waals surface area contributed by atoms with E-state index in [1.807, 2.05) is 11.9 Å². The number of carbonyl (C=O) groups is 1. The third-order valence-electron chi connectivity index (χ3n) is 6.77. The van der Waals surface area contributed by atoms with Crippen LogP contribution in [0.2, 0.25) is 0 Å². The van der Waals surface area contributed by atoms with E-state index in [0.717, 1.165) is 18.6 Å². The van der Waals surface area contributed by atoms with Crippen LogP contribution in [0.4, 0.5) is 14.6 Å². The summed E-state index contributed by atoms with van der Waals surface area (Å²) in [6.45, 7) is 5.72. The number of amides is 1. The van der Waals surface area contributed by atoms with E-state index in [9.17, 15) is 13.6 Å². The van der Waals surface area contributed by atoms with Gasteiger partial charge in [0.1, 0.15) is 17.7 Å². The van der Waals surface area contributed by atoms with Crippen molar-refractivity contribution >= 4 is 22.8 Å². The predicted molar refractivity (Wildman–Crippen MR) is 131 cm³/mol. The van der Waals surface area contributed by atoms with Gasteiger partial charge in [-0.3, -0.25) is 9.78 Å². The summed E-state index contributed by atoms with van der Waals surface area (Å²) in [5.41, 5.74) is 2.30. The smallest absolute Gasteiger partial charge is 0.253 e. The Morgan fingerprint density at radius 3 is 2.69 bits per heavy atom. The number of benzene rings is 2. The van der Waals surface area contributed by atoms with Crippen LogP contribution < -0.4 is 15.0 Å². The summed E-state index contributed by atoms with van der Waals surface area (Å²) in [5.74, 6) is -1.13. The summed E-state index contributed by atoms with van der Waals surface area (Å²) in [7, 11) is 1.89. The molecule has 190 valence electrons. The zero-order valence-corrected chi connectivity index (χ0v) is 20.3. The molecule has 0 aliphatic carbocycles. The lowest BCUT2D eigenvalue weighted by atomic mass is 10.0. The van der Waals surface area contributed by atoms with Gasteiger partial charge in [0.2, 0.25) is 0 Å². The van der Waals surface area contributed by atoms with Gasteiger partial charge in [-0.05, 0) is 44.7 Å². The number of hydrogen-bond donors (Lipinski definition) is 1. The van der Waals surface area contributed by atoms with Gasteiger partial charge in [0.05, 0.1) is 30.4 Å². The lowest BCUT2D eigenvalue weighted by molar-refractivity contribution is 0.0789. The minimum absolute atomic E-state index is 0.0880. The van der Waals surface area contributed by atoms with Crippen LogP contribution in [0.25, 0.3) is 11.0 Å². The van der Waals surface area contributed by atoms with Gasteiger partial charge in [-0.15, -0.1) is 0 Å². The van der Waals surface area contributed by atoms with Gasteiger partial charge in [0.25, 0.3) is 5.91 Å². The van der Waals surface area contributed by atoms with Crippen LogP contribution in [-0.4, -0.2) is 73.3 Å². The number of nitrogens with zero attached hydrogens (tertiary/aromatic N) is 4. The minimum Gasteiger partial charge on any atom is -0.486 e. The van der Waals surface area contributed by atoms with Gasteiger partial charge in [-0.2, -0.15) is 0 Å². The molecule has 2 atom stereocenters. The molecule has 10 heteroatoms. The number of likely N-dealkylation sites (N-methyl/N-ethyl adjacent to an activating group) is 1. The van der Waals surface area contributed by atoms with Crippen LogP contribution in [0.5, 0.6) is 5.75 Å². The first kappa shape index (κ1) is 24.3. The van der Waals surface area contributed by atoms with Gasteiger partial charge in [0, 0.05) is 49.4 Å². The Kier molecular flexibility index (Phi) is 6.97. The van der Waals surface area contributed by atoms with E-state index in [-0.39, 0.29) is 17.7 Å². The highest BCUT2D eigenvalue weighted by molar-refractivity contribution is 5.98. The van der Waals surface area contributed by atoms with Crippen LogP contribution in [0, 0.1) is 11.6 Å². The quantitative estimate of drug-likeness (QED) is 0.560. The van der Waals surface area contributed by atoms with Gasteiger partial charge in [0.15, 0.2) is 11.6 Å². The first-order chi connectivity index (χ1) is 17.4. The molecule has 5 rings (SSSR count). The van der Waals surface area contributed by atoms with Crippen molar-refractivity contribution < 1.29 is 23.0 Å². The molecular formula is C26H29F2N5O3. The van der Waals surface area contributed by atoms with Crippen molar-refractivity contribution in [3.63, 3.8) is 0 Å². The second-order valence-corrected chi connectivity index (χ2v) is 9.12. The fourth-order valence-electron chi connectivity index (χ4n) is 4.69. The predicted octanol–water partition coefficient (Wildman–Crippen LogP) is 3.32. The van der Waals surface area contributed by atoms with Crippen molar-refractivity contribution in [2.75, 3.05) is 51.3 Å². The second-order valence-electron chi connectivity index (χ2n) is 9.12. The van der Waals surface area contributed by atoms with Crippen LogP contribution in [0.3, 0.4) is 0 Å².